The fraction of sp³-hybridized carbons (Fsp3) is 0.263. The summed E-state index contributed by atoms with van der Waals surface area (Å²) in [6.07, 6.45) is 2.75. The van der Waals surface area contributed by atoms with Gasteiger partial charge in [-0.1, -0.05) is 6.07 Å². The van der Waals surface area contributed by atoms with Crippen molar-refractivity contribution in [2.75, 3.05) is 18.5 Å². The molecule has 0 saturated carbocycles. The minimum atomic E-state index is -0.156. The van der Waals surface area contributed by atoms with Crippen LogP contribution in [0.1, 0.15) is 33.8 Å². The first kappa shape index (κ1) is 16.2. The van der Waals surface area contributed by atoms with Gasteiger partial charge in [-0.3, -0.25) is 4.79 Å². The summed E-state index contributed by atoms with van der Waals surface area (Å²) in [5, 5.41) is 6.06. The molecule has 6 heteroatoms. The van der Waals surface area contributed by atoms with Gasteiger partial charge in [-0.25, -0.2) is 4.98 Å². The largest absolute Gasteiger partial charge is 0.381 e. The molecule has 3 N–H and O–H groups in total. The molecule has 0 unspecified atom stereocenters. The van der Waals surface area contributed by atoms with Crippen molar-refractivity contribution >= 4 is 33.1 Å². The third-order valence-corrected chi connectivity index (χ3v) is 5.56. The van der Waals surface area contributed by atoms with Crippen LogP contribution in [0, 0.1) is 0 Å². The number of nitrogens with two attached hydrogens (primary N) is 1. The topological polar surface area (TPSA) is 77.2 Å². The Bertz CT molecular complexity index is 916. The number of carbonyl (C=O) groups is 1. The molecule has 1 saturated heterocycles. The molecular formula is C19H19N3O2S. The number of carbonyl (C=O) groups excluding carboxylic acids is 1. The molecule has 0 aliphatic carbocycles. The number of thiophene rings is 1. The lowest BCUT2D eigenvalue weighted by Crippen LogP contribution is -2.13. The maximum absolute atomic E-state index is 12.6. The van der Waals surface area contributed by atoms with Gasteiger partial charge in [-0.15, -0.1) is 11.3 Å². The molecule has 4 rings (SSSR count). The Morgan fingerprint density at radius 2 is 2.28 bits per heavy atom. The van der Waals surface area contributed by atoms with Crippen LogP contribution in [0.2, 0.25) is 0 Å². The SMILES string of the molecule is NCc1csc2cc(C(=O)Nc3cc([C@H]4CCOC4)ccn3)ccc12. The fourth-order valence-electron chi connectivity index (χ4n) is 3.14. The van der Waals surface area contributed by atoms with Gasteiger partial charge in [-0.2, -0.15) is 0 Å². The van der Waals surface area contributed by atoms with Crippen LogP contribution in [0.4, 0.5) is 5.82 Å². The highest BCUT2D eigenvalue weighted by molar-refractivity contribution is 7.17. The van der Waals surface area contributed by atoms with Gasteiger partial charge in [0.1, 0.15) is 5.82 Å². The van der Waals surface area contributed by atoms with E-state index in [0.29, 0.717) is 23.8 Å². The van der Waals surface area contributed by atoms with Crippen LogP contribution in [-0.2, 0) is 11.3 Å². The van der Waals surface area contributed by atoms with E-state index in [2.05, 4.69) is 10.3 Å². The van der Waals surface area contributed by atoms with Crippen LogP contribution < -0.4 is 11.1 Å². The highest BCUT2D eigenvalue weighted by Crippen LogP contribution is 2.28. The van der Waals surface area contributed by atoms with E-state index in [0.717, 1.165) is 40.8 Å². The van der Waals surface area contributed by atoms with Crippen molar-refractivity contribution in [1.82, 2.24) is 4.98 Å². The van der Waals surface area contributed by atoms with E-state index < -0.39 is 0 Å². The van der Waals surface area contributed by atoms with Crippen molar-refractivity contribution in [1.29, 1.82) is 0 Å². The summed E-state index contributed by atoms with van der Waals surface area (Å²) in [5.74, 6) is 0.802. The lowest BCUT2D eigenvalue weighted by Gasteiger charge is -2.10. The van der Waals surface area contributed by atoms with Crippen LogP contribution in [0.3, 0.4) is 0 Å². The molecule has 1 aromatic carbocycles. The Hall–Kier alpha value is -2.28. The second kappa shape index (κ2) is 6.92. The van der Waals surface area contributed by atoms with Gasteiger partial charge in [0, 0.05) is 35.5 Å². The first-order chi connectivity index (χ1) is 12.2. The van der Waals surface area contributed by atoms with E-state index in [-0.39, 0.29) is 5.91 Å². The predicted octanol–water partition coefficient (Wildman–Crippen LogP) is 3.51. The Morgan fingerprint density at radius 1 is 1.36 bits per heavy atom. The predicted molar refractivity (Wildman–Crippen MR) is 100 cm³/mol. The van der Waals surface area contributed by atoms with E-state index in [1.165, 1.54) is 0 Å². The van der Waals surface area contributed by atoms with Crippen molar-refractivity contribution in [3.05, 3.63) is 58.6 Å². The van der Waals surface area contributed by atoms with E-state index in [1.807, 2.05) is 35.7 Å². The third-order valence-electron chi connectivity index (χ3n) is 4.56. The molecule has 1 amide bonds. The van der Waals surface area contributed by atoms with Gasteiger partial charge < -0.3 is 15.8 Å². The van der Waals surface area contributed by atoms with Crippen LogP contribution in [0.25, 0.3) is 10.1 Å². The van der Waals surface area contributed by atoms with E-state index in [9.17, 15) is 4.79 Å². The molecule has 1 aliphatic rings. The summed E-state index contributed by atoms with van der Waals surface area (Å²) in [6.45, 7) is 2.03. The molecule has 128 valence electrons. The molecule has 3 heterocycles. The molecule has 3 aromatic rings. The zero-order valence-electron chi connectivity index (χ0n) is 13.7. The average molecular weight is 353 g/mol. The van der Waals surface area contributed by atoms with Crippen molar-refractivity contribution < 1.29 is 9.53 Å². The van der Waals surface area contributed by atoms with Crippen molar-refractivity contribution in [2.24, 2.45) is 5.73 Å². The van der Waals surface area contributed by atoms with Gasteiger partial charge in [-0.05, 0) is 52.6 Å². The minimum absolute atomic E-state index is 0.156. The van der Waals surface area contributed by atoms with Crippen molar-refractivity contribution in [3.63, 3.8) is 0 Å². The first-order valence-electron chi connectivity index (χ1n) is 8.30. The summed E-state index contributed by atoms with van der Waals surface area (Å²) in [4.78, 5) is 16.8. The highest BCUT2D eigenvalue weighted by Gasteiger charge is 2.18. The van der Waals surface area contributed by atoms with E-state index in [1.54, 1.807) is 17.5 Å². The Kier molecular flexibility index (Phi) is 4.48. The molecule has 25 heavy (non-hydrogen) atoms. The molecule has 1 fully saturated rings. The number of nitrogens with one attached hydrogen (secondary N) is 1. The number of aromatic nitrogens is 1. The average Bonchev–Trinajstić information content (AvgIpc) is 3.31. The normalized spacial score (nSPS) is 17.1. The Labute approximate surface area is 149 Å². The monoisotopic (exact) mass is 353 g/mol. The van der Waals surface area contributed by atoms with E-state index in [4.69, 9.17) is 10.5 Å². The summed E-state index contributed by atoms with van der Waals surface area (Å²) in [6, 6.07) is 9.62. The van der Waals surface area contributed by atoms with Crippen LogP contribution in [-0.4, -0.2) is 24.1 Å². The third kappa shape index (κ3) is 3.28. The summed E-state index contributed by atoms with van der Waals surface area (Å²) < 4.78 is 6.51. The maximum atomic E-state index is 12.6. The molecule has 1 aliphatic heterocycles. The lowest BCUT2D eigenvalue weighted by molar-refractivity contribution is 0.102. The number of nitrogens with zero attached hydrogens (tertiary/aromatic N) is 1. The van der Waals surface area contributed by atoms with Gasteiger partial charge in [0.25, 0.3) is 5.91 Å². The molecule has 2 aromatic heterocycles. The lowest BCUT2D eigenvalue weighted by atomic mass is 10.00. The number of hydrogen-bond acceptors (Lipinski definition) is 5. The van der Waals surface area contributed by atoms with Crippen LogP contribution in [0.15, 0.2) is 41.9 Å². The van der Waals surface area contributed by atoms with Crippen LogP contribution >= 0.6 is 11.3 Å². The molecule has 0 spiro atoms. The molecule has 1 atom stereocenters. The van der Waals surface area contributed by atoms with Gasteiger partial charge in [0.05, 0.1) is 6.61 Å². The van der Waals surface area contributed by atoms with Crippen LogP contribution in [0.5, 0.6) is 0 Å². The number of fused-ring (bicyclic) bond motifs is 1. The molecular weight excluding hydrogens is 334 g/mol. The second-order valence-electron chi connectivity index (χ2n) is 6.17. The van der Waals surface area contributed by atoms with Gasteiger partial charge in [0.15, 0.2) is 0 Å². The fourth-order valence-corrected chi connectivity index (χ4v) is 4.15. The Morgan fingerprint density at radius 3 is 3.08 bits per heavy atom. The number of anilines is 1. The number of ether oxygens (including phenoxy) is 1. The summed E-state index contributed by atoms with van der Waals surface area (Å²) in [7, 11) is 0. The smallest absolute Gasteiger partial charge is 0.256 e. The summed E-state index contributed by atoms with van der Waals surface area (Å²) >= 11 is 1.61. The minimum Gasteiger partial charge on any atom is -0.381 e. The highest BCUT2D eigenvalue weighted by atomic mass is 32.1. The maximum Gasteiger partial charge on any atom is 0.256 e. The molecule has 0 radical (unpaired) electrons. The zero-order valence-corrected chi connectivity index (χ0v) is 14.5. The molecule has 0 bridgehead atoms. The molecule has 5 nitrogen and oxygen atoms in total. The van der Waals surface area contributed by atoms with Gasteiger partial charge >= 0.3 is 0 Å². The van der Waals surface area contributed by atoms with Crippen molar-refractivity contribution in [2.45, 2.75) is 18.9 Å². The number of benzene rings is 1. The first-order valence-corrected chi connectivity index (χ1v) is 9.18. The van der Waals surface area contributed by atoms with Gasteiger partial charge in [0.2, 0.25) is 0 Å². The van der Waals surface area contributed by atoms with Crippen molar-refractivity contribution in [3.8, 4) is 0 Å². The quantitative estimate of drug-likeness (QED) is 0.752. The number of hydrogen-bond donors (Lipinski definition) is 2. The standard InChI is InChI=1S/C19H19N3O2S/c20-9-15-11-25-17-7-13(1-2-16(15)17)19(23)22-18-8-12(3-5-21-18)14-4-6-24-10-14/h1-3,5,7-8,11,14H,4,6,9-10,20H2,(H,21,22,23)/t14-/m0/s1. The Balaban J connectivity index is 1.54. The zero-order chi connectivity index (χ0) is 17.2. The van der Waals surface area contributed by atoms with E-state index >= 15 is 0 Å². The summed E-state index contributed by atoms with van der Waals surface area (Å²) in [5.41, 5.74) is 8.62. The number of amides is 1. The number of pyridine rings is 1. The number of rotatable bonds is 4. The second-order valence-corrected chi connectivity index (χ2v) is 7.08.